The molecule has 31 heavy (non-hydrogen) atoms. The van der Waals surface area contributed by atoms with E-state index in [4.69, 9.17) is 4.98 Å². The molecule has 0 spiro atoms. The molecule has 7 nitrogen and oxygen atoms in total. The first-order chi connectivity index (χ1) is 15.1. The fraction of sp³-hybridized carbons (Fsp3) is 0.542. The highest BCUT2D eigenvalue weighted by atomic mass is 16.2. The molecule has 1 aliphatic carbocycles. The maximum atomic E-state index is 12.6. The molecule has 3 heterocycles. The van der Waals surface area contributed by atoms with Crippen LogP contribution in [0.2, 0.25) is 0 Å². The lowest BCUT2D eigenvalue weighted by Gasteiger charge is -2.61. The van der Waals surface area contributed by atoms with Crippen LogP contribution in [-0.2, 0) is 25.7 Å². The predicted molar refractivity (Wildman–Crippen MR) is 121 cm³/mol. The van der Waals surface area contributed by atoms with E-state index < -0.39 is 0 Å². The number of H-pyrrole nitrogens is 1. The van der Waals surface area contributed by atoms with Gasteiger partial charge in [0.1, 0.15) is 5.82 Å². The fourth-order valence-corrected chi connectivity index (χ4v) is 5.83. The lowest BCUT2D eigenvalue weighted by atomic mass is 9.62. The summed E-state index contributed by atoms with van der Waals surface area (Å²) in [6, 6.07) is 10.9. The monoisotopic (exact) mass is 421 g/mol. The van der Waals surface area contributed by atoms with Crippen molar-refractivity contribution in [2.24, 2.45) is 13.0 Å². The number of imidazole rings is 1. The van der Waals surface area contributed by atoms with Crippen LogP contribution < -0.4 is 11.2 Å². The highest BCUT2D eigenvalue weighted by Crippen LogP contribution is 2.54. The number of aromatic nitrogens is 4. The molecule has 164 valence electrons. The van der Waals surface area contributed by atoms with E-state index in [1.807, 2.05) is 11.6 Å². The van der Waals surface area contributed by atoms with Crippen molar-refractivity contribution in [3.63, 3.8) is 0 Å². The van der Waals surface area contributed by atoms with Crippen LogP contribution in [0.25, 0.3) is 11.2 Å². The lowest BCUT2D eigenvalue weighted by Crippen LogP contribution is -2.65. The van der Waals surface area contributed by atoms with Crippen molar-refractivity contribution >= 4 is 11.2 Å². The van der Waals surface area contributed by atoms with Gasteiger partial charge in [0.25, 0.3) is 5.56 Å². The van der Waals surface area contributed by atoms with Crippen molar-refractivity contribution in [1.29, 1.82) is 0 Å². The number of nitrogens with one attached hydrogen (secondary N) is 1. The van der Waals surface area contributed by atoms with Crippen LogP contribution >= 0.6 is 0 Å². The molecule has 0 radical (unpaired) electrons. The summed E-state index contributed by atoms with van der Waals surface area (Å²) in [5.41, 5.74) is 1.72. The van der Waals surface area contributed by atoms with Crippen molar-refractivity contribution < 1.29 is 0 Å². The number of nitrogens with zero attached hydrogens (tertiary/aromatic N) is 4. The molecular weight excluding hydrogens is 390 g/mol. The van der Waals surface area contributed by atoms with Crippen LogP contribution in [0.15, 0.2) is 39.9 Å². The Labute approximate surface area is 181 Å². The molecule has 0 amide bonds. The van der Waals surface area contributed by atoms with Gasteiger partial charge in [-0.05, 0) is 30.7 Å². The first-order valence-corrected chi connectivity index (χ1v) is 11.5. The van der Waals surface area contributed by atoms with Gasteiger partial charge in [-0.1, -0.05) is 56.5 Å². The van der Waals surface area contributed by atoms with Crippen molar-refractivity contribution in [2.45, 2.75) is 64.1 Å². The fourth-order valence-electron chi connectivity index (χ4n) is 5.83. The number of unbranched alkanes of at least 4 members (excludes halogenated alkanes) is 1. The zero-order valence-electron chi connectivity index (χ0n) is 18.4. The van der Waals surface area contributed by atoms with Crippen LogP contribution in [0.1, 0.15) is 56.8 Å². The van der Waals surface area contributed by atoms with Gasteiger partial charge in [0.15, 0.2) is 11.2 Å². The third-order valence-electron chi connectivity index (χ3n) is 7.49. The van der Waals surface area contributed by atoms with E-state index in [2.05, 4.69) is 47.1 Å². The van der Waals surface area contributed by atoms with Gasteiger partial charge in [0, 0.05) is 20.1 Å². The Hall–Kier alpha value is -2.67. The number of fused-ring (bicyclic) bond motifs is 2. The van der Waals surface area contributed by atoms with Crippen LogP contribution in [-0.4, -0.2) is 30.5 Å². The molecule has 2 fully saturated rings. The number of hydrogen-bond acceptors (Lipinski definition) is 4. The Bertz CT molecular complexity index is 1210. The number of benzene rings is 1. The van der Waals surface area contributed by atoms with Gasteiger partial charge in [-0.25, -0.2) is 9.78 Å². The maximum Gasteiger partial charge on any atom is 0.330 e. The molecule has 3 aromatic rings. The van der Waals surface area contributed by atoms with Crippen molar-refractivity contribution in [3.05, 3.63) is 62.6 Å². The second-order valence-electron chi connectivity index (χ2n) is 9.14. The SMILES string of the molecule is CCCCn1c(=O)[nH]c(=O)c2c1nc(CN1C[C@H]3CCCC[C@@]31c1ccccc1)n2C. The van der Waals surface area contributed by atoms with Gasteiger partial charge in [-0.15, -0.1) is 0 Å². The van der Waals surface area contributed by atoms with Crippen molar-refractivity contribution in [2.75, 3.05) is 6.54 Å². The maximum absolute atomic E-state index is 12.6. The molecule has 1 saturated carbocycles. The summed E-state index contributed by atoms with van der Waals surface area (Å²) >= 11 is 0. The number of rotatable bonds is 6. The summed E-state index contributed by atoms with van der Waals surface area (Å²) in [5, 5.41) is 0. The normalized spacial score (nSPS) is 23.6. The van der Waals surface area contributed by atoms with Gasteiger partial charge in [0.2, 0.25) is 0 Å². The minimum atomic E-state index is -0.368. The first kappa shape index (κ1) is 20.2. The Morgan fingerprint density at radius 1 is 1.19 bits per heavy atom. The lowest BCUT2D eigenvalue weighted by molar-refractivity contribution is -0.122. The topological polar surface area (TPSA) is 75.9 Å². The first-order valence-electron chi connectivity index (χ1n) is 11.5. The number of likely N-dealkylation sites (tertiary alicyclic amines) is 1. The minimum absolute atomic E-state index is 0.0615. The second-order valence-corrected chi connectivity index (χ2v) is 9.14. The van der Waals surface area contributed by atoms with Crippen LogP contribution in [0, 0.1) is 5.92 Å². The molecule has 1 N–H and O–H groups in total. The Morgan fingerprint density at radius 3 is 2.74 bits per heavy atom. The van der Waals surface area contributed by atoms with E-state index >= 15 is 0 Å². The molecule has 2 aliphatic rings. The molecule has 0 bridgehead atoms. The molecule has 2 aromatic heterocycles. The Balaban J connectivity index is 1.55. The summed E-state index contributed by atoms with van der Waals surface area (Å²) in [6.07, 6.45) is 6.82. The van der Waals surface area contributed by atoms with E-state index in [1.54, 1.807) is 4.57 Å². The van der Waals surface area contributed by atoms with Crippen LogP contribution in [0.3, 0.4) is 0 Å². The average Bonchev–Trinajstić information content (AvgIpc) is 3.09. The molecule has 5 rings (SSSR count). The third kappa shape index (κ3) is 3.09. The summed E-state index contributed by atoms with van der Waals surface area (Å²) in [6.45, 7) is 4.39. The predicted octanol–water partition coefficient (Wildman–Crippen LogP) is 3.12. The van der Waals surface area contributed by atoms with Gasteiger partial charge in [0.05, 0.1) is 12.1 Å². The summed E-state index contributed by atoms with van der Waals surface area (Å²) in [4.78, 5) is 34.9. The van der Waals surface area contributed by atoms with Crippen molar-refractivity contribution in [1.82, 2.24) is 24.0 Å². The molecule has 1 aromatic carbocycles. The summed E-state index contributed by atoms with van der Waals surface area (Å²) in [7, 11) is 1.89. The molecule has 1 saturated heterocycles. The molecule has 1 aliphatic heterocycles. The second kappa shape index (κ2) is 7.79. The standard InChI is InChI=1S/C24H31N5O2/c1-3-4-14-29-21-20(22(30)26-23(29)31)27(2)19(25-21)16-28-15-18-12-8-9-13-24(18,28)17-10-6-5-7-11-17/h5-7,10-11,18H,3-4,8-9,12-16H2,1-2H3,(H,26,30,31)/t18-,24-/m1/s1. The van der Waals surface area contributed by atoms with Gasteiger partial charge in [-0.2, -0.15) is 0 Å². The molecule has 2 atom stereocenters. The number of aromatic amines is 1. The minimum Gasteiger partial charge on any atom is -0.324 e. The summed E-state index contributed by atoms with van der Waals surface area (Å²) in [5.74, 6) is 1.51. The smallest absolute Gasteiger partial charge is 0.324 e. The van der Waals surface area contributed by atoms with Gasteiger partial charge in [-0.3, -0.25) is 19.2 Å². The highest BCUT2D eigenvalue weighted by Gasteiger charge is 2.54. The number of hydrogen-bond donors (Lipinski definition) is 1. The number of aryl methyl sites for hydroxylation is 2. The molecular formula is C24H31N5O2. The van der Waals surface area contributed by atoms with E-state index in [0.29, 0.717) is 30.2 Å². The van der Waals surface area contributed by atoms with Crippen LogP contribution in [0.5, 0.6) is 0 Å². The van der Waals surface area contributed by atoms with Crippen molar-refractivity contribution in [3.8, 4) is 0 Å². The Morgan fingerprint density at radius 2 is 2.00 bits per heavy atom. The van der Waals surface area contributed by atoms with E-state index in [0.717, 1.165) is 31.6 Å². The highest BCUT2D eigenvalue weighted by molar-refractivity contribution is 5.70. The quantitative estimate of drug-likeness (QED) is 0.664. The summed E-state index contributed by atoms with van der Waals surface area (Å²) < 4.78 is 3.50. The molecule has 7 heteroatoms. The third-order valence-corrected chi connectivity index (χ3v) is 7.49. The molecule has 0 unspecified atom stereocenters. The van der Waals surface area contributed by atoms with E-state index in [-0.39, 0.29) is 16.8 Å². The Kier molecular flexibility index (Phi) is 5.08. The van der Waals surface area contributed by atoms with Gasteiger partial charge < -0.3 is 4.57 Å². The largest absolute Gasteiger partial charge is 0.330 e. The zero-order valence-corrected chi connectivity index (χ0v) is 18.4. The average molecular weight is 422 g/mol. The van der Waals surface area contributed by atoms with Gasteiger partial charge >= 0.3 is 5.69 Å². The van der Waals surface area contributed by atoms with Crippen LogP contribution in [0.4, 0.5) is 0 Å². The van der Waals surface area contributed by atoms with E-state index in [9.17, 15) is 9.59 Å². The zero-order chi connectivity index (χ0) is 21.6. The van der Waals surface area contributed by atoms with E-state index in [1.165, 1.54) is 24.8 Å².